The number of fused-ring (bicyclic) bond motifs is 6. The average molecular weight is 725 g/mol. The van der Waals surface area contributed by atoms with Crippen molar-refractivity contribution in [3.63, 3.8) is 0 Å². The molecule has 4 nitrogen and oxygen atoms in total. The molecule has 252 valence electrons. The maximum absolute atomic E-state index is 5.37. The Kier molecular flexibility index (Phi) is 7.18. The van der Waals surface area contributed by atoms with E-state index < -0.39 is 0 Å². The van der Waals surface area contributed by atoms with Crippen molar-refractivity contribution in [1.29, 1.82) is 0 Å². The zero-order chi connectivity index (χ0) is 35.6. The Morgan fingerprint density at radius 2 is 0.944 bits per heavy atom. The SMILES string of the molecule is c1ccc(-c2cccc(-c3nc(-c4ccc5ccccc5c4)nc(-c4c5sc(-c6ccc7ccccc7c6)nc5cc5sc6ccccc6c45)n3)c2)cc1. The summed E-state index contributed by atoms with van der Waals surface area (Å²) >= 11 is 3.49. The van der Waals surface area contributed by atoms with Crippen molar-refractivity contribution in [3.8, 4) is 55.9 Å². The maximum atomic E-state index is 5.37. The molecule has 3 heterocycles. The van der Waals surface area contributed by atoms with Crippen LogP contribution in [0.3, 0.4) is 0 Å². The average Bonchev–Trinajstić information content (AvgIpc) is 3.84. The lowest BCUT2D eigenvalue weighted by atomic mass is 10.0. The summed E-state index contributed by atoms with van der Waals surface area (Å²) in [4.78, 5) is 21.2. The number of hydrogen-bond donors (Lipinski definition) is 0. The van der Waals surface area contributed by atoms with Gasteiger partial charge in [0.1, 0.15) is 5.01 Å². The summed E-state index contributed by atoms with van der Waals surface area (Å²) in [5.41, 5.74) is 7.16. The predicted molar refractivity (Wildman–Crippen MR) is 228 cm³/mol. The first kappa shape index (κ1) is 31.0. The Bertz CT molecular complexity index is 3240. The molecule has 0 amide bonds. The van der Waals surface area contributed by atoms with Crippen molar-refractivity contribution in [2.75, 3.05) is 0 Å². The molecule has 0 aliphatic heterocycles. The zero-order valence-corrected chi connectivity index (χ0v) is 30.4. The van der Waals surface area contributed by atoms with E-state index in [-0.39, 0.29) is 0 Å². The normalized spacial score (nSPS) is 11.7. The minimum atomic E-state index is 0.630. The highest BCUT2D eigenvalue weighted by Gasteiger charge is 2.23. The van der Waals surface area contributed by atoms with Gasteiger partial charge in [-0.25, -0.2) is 19.9 Å². The van der Waals surface area contributed by atoms with Crippen LogP contribution < -0.4 is 0 Å². The summed E-state index contributed by atoms with van der Waals surface area (Å²) in [6, 6.07) is 59.7. The number of thiazole rings is 1. The molecule has 0 spiro atoms. The molecule has 0 aliphatic rings. The number of aromatic nitrogens is 4. The summed E-state index contributed by atoms with van der Waals surface area (Å²) in [7, 11) is 0. The lowest BCUT2D eigenvalue weighted by molar-refractivity contribution is 1.08. The highest BCUT2D eigenvalue weighted by molar-refractivity contribution is 7.26. The molecule has 3 aromatic heterocycles. The van der Waals surface area contributed by atoms with Crippen molar-refractivity contribution in [2.45, 2.75) is 0 Å². The van der Waals surface area contributed by atoms with E-state index in [1.54, 1.807) is 22.7 Å². The second kappa shape index (κ2) is 12.5. The van der Waals surface area contributed by atoms with E-state index in [2.05, 4.69) is 164 Å². The number of hydrogen-bond acceptors (Lipinski definition) is 6. The number of thiophene rings is 1. The lowest BCUT2D eigenvalue weighted by Gasteiger charge is -2.11. The Balaban J connectivity index is 1.20. The van der Waals surface area contributed by atoms with Crippen LogP contribution in [0, 0.1) is 0 Å². The molecule has 11 aromatic rings. The van der Waals surface area contributed by atoms with E-state index >= 15 is 0 Å². The second-order valence-electron chi connectivity index (χ2n) is 13.5. The number of nitrogens with zero attached hydrogens (tertiary/aromatic N) is 4. The molecule has 8 aromatic carbocycles. The monoisotopic (exact) mass is 724 g/mol. The third-order valence-corrected chi connectivity index (χ3v) is 12.4. The molecule has 0 fully saturated rings. The van der Waals surface area contributed by atoms with Crippen LogP contribution >= 0.6 is 22.7 Å². The van der Waals surface area contributed by atoms with Gasteiger partial charge in [0.2, 0.25) is 0 Å². The Morgan fingerprint density at radius 1 is 0.352 bits per heavy atom. The van der Waals surface area contributed by atoms with Gasteiger partial charge in [-0.15, -0.1) is 22.7 Å². The first-order valence-corrected chi connectivity index (χ1v) is 19.5. The molecule has 11 rings (SSSR count). The minimum Gasteiger partial charge on any atom is -0.236 e. The fourth-order valence-corrected chi connectivity index (χ4v) is 9.71. The third-order valence-electron chi connectivity index (χ3n) is 10.1. The maximum Gasteiger partial charge on any atom is 0.166 e. The van der Waals surface area contributed by atoms with Crippen molar-refractivity contribution in [3.05, 3.63) is 170 Å². The minimum absolute atomic E-state index is 0.630. The van der Waals surface area contributed by atoms with Crippen LogP contribution in [-0.2, 0) is 0 Å². The van der Waals surface area contributed by atoms with E-state index in [1.807, 2.05) is 6.07 Å². The summed E-state index contributed by atoms with van der Waals surface area (Å²) in [5.74, 6) is 1.90. The third kappa shape index (κ3) is 5.26. The first-order chi connectivity index (χ1) is 26.7. The fraction of sp³-hybridized carbons (Fsp3) is 0. The summed E-state index contributed by atoms with van der Waals surface area (Å²) in [6.07, 6.45) is 0. The number of benzene rings is 8. The molecule has 54 heavy (non-hydrogen) atoms. The van der Waals surface area contributed by atoms with E-state index in [4.69, 9.17) is 19.9 Å². The largest absolute Gasteiger partial charge is 0.236 e. The van der Waals surface area contributed by atoms with Gasteiger partial charge in [-0.1, -0.05) is 140 Å². The standard InChI is InChI=1S/C48H28N4S2/c1-2-11-29(12-3-1)34-17-10-18-35(25-34)45-50-46(36-23-21-30-13-4-6-15-32(30)26-36)52-47(51-45)43-42-38-19-8-9-20-40(38)53-41(42)28-39-44(43)54-48(49-39)37-24-22-31-14-5-7-16-33(31)27-37/h1-28H. The van der Waals surface area contributed by atoms with E-state index in [0.717, 1.165) is 64.1 Å². The molecule has 0 bridgehead atoms. The van der Waals surface area contributed by atoms with Gasteiger partial charge in [-0.3, -0.25) is 0 Å². The quantitative estimate of drug-likeness (QED) is 0.177. The van der Waals surface area contributed by atoms with Gasteiger partial charge in [0.15, 0.2) is 17.5 Å². The fourth-order valence-electron chi connectivity index (χ4n) is 7.47. The zero-order valence-electron chi connectivity index (χ0n) is 28.8. The van der Waals surface area contributed by atoms with Gasteiger partial charge in [0.05, 0.1) is 10.2 Å². The topological polar surface area (TPSA) is 51.6 Å². The molecule has 0 aliphatic carbocycles. The van der Waals surface area contributed by atoms with Crippen LogP contribution in [0.1, 0.15) is 0 Å². The van der Waals surface area contributed by atoms with E-state index in [1.165, 1.54) is 26.2 Å². The molecule has 0 N–H and O–H groups in total. The van der Waals surface area contributed by atoms with Gasteiger partial charge in [0.25, 0.3) is 0 Å². The van der Waals surface area contributed by atoms with Gasteiger partial charge in [0, 0.05) is 42.4 Å². The molecule has 6 heteroatoms. The molecule has 0 radical (unpaired) electrons. The Labute approximate surface area is 318 Å². The molecule has 0 saturated carbocycles. The molecular weight excluding hydrogens is 697 g/mol. The van der Waals surface area contributed by atoms with Crippen molar-refractivity contribution in [2.24, 2.45) is 0 Å². The van der Waals surface area contributed by atoms with Gasteiger partial charge >= 0.3 is 0 Å². The lowest BCUT2D eigenvalue weighted by Crippen LogP contribution is -2.01. The van der Waals surface area contributed by atoms with E-state index in [9.17, 15) is 0 Å². The van der Waals surface area contributed by atoms with E-state index in [0.29, 0.717) is 17.5 Å². The van der Waals surface area contributed by atoms with Gasteiger partial charge in [-0.05, 0) is 63.0 Å². The summed E-state index contributed by atoms with van der Waals surface area (Å²) < 4.78 is 3.45. The highest BCUT2D eigenvalue weighted by atomic mass is 32.1. The molecule has 0 unspecified atom stereocenters. The molecule has 0 saturated heterocycles. The number of rotatable bonds is 5. The first-order valence-electron chi connectivity index (χ1n) is 17.9. The van der Waals surface area contributed by atoms with Crippen LogP contribution in [0.15, 0.2) is 170 Å². The van der Waals surface area contributed by atoms with Crippen LogP contribution in [0.5, 0.6) is 0 Å². The Hall–Kier alpha value is -6.60. The summed E-state index contributed by atoms with van der Waals surface area (Å²) in [5, 5.41) is 8.03. The summed E-state index contributed by atoms with van der Waals surface area (Å²) in [6.45, 7) is 0. The molecule has 0 atom stereocenters. The highest BCUT2D eigenvalue weighted by Crippen LogP contribution is 2.47. The van der Waals surface area contributed by atoms with Crippen molar-refractivity contribution >= 4 is 74.6 Å². The van der Waals surface area contributed by atoms with Crippen LogP contribution in [0.4, 0.5) is 0 Å². The molecular formula is C48H28N4S2. The van der Waals surface area contributed by atoms with Gasteiger partial charge in [-0.2, -0.15) is 0 Å². The van der Waals surface area contributed by atoms with Gasteiger partial charge < -0.3 is 0 Å². The van der Waals surface area contributed by atoms with Crippen molar-refractivity contribution < 1.29 is 0 Å². The predicted octanol–water partition coefficient (Wildman–Crippen LogP) is 13.5. The smallest absolute Gasteiger partial charge is 0.166 e. The van der Waals surface area contributed by atoms with Crippen LogP contribution in [-0.4, -0.2) is 19.9 Å². The van der Waals surface area contributed by atoms with Crippen molar-refractivity contribution in [1.82, 2.24) is 19.9 Å². The van der Waals surface area contributed by atoms with Crippen LogP contribution in [0.2, 0.25) is 0 Å². The van der Waals surface area contributed by atoms with Crippen LogP contribution in [0.25, 0.3) is 108 Å². The second-order valence-corrected chi connectivity index (χ2v) is 15.5. The Morgan fingerprint density at radius 3 is 1.72 bits per heavy atom.